The molecule has 0 saturated heterocycles. The van der Waals surface area contributed by atoms with E-state index in [9.17, 15) is 0 Å². The summed E-state index contributed by atoms with van der Waals surface area (Å²) in [6, 6.07) is 2.39. The highest BCUT2D eigenvalue weighted by molar-refractivity contribution is 7.08. The van der Waals surface area contributed by atoms with Gasteiger partial charge in [-0.05, 0) is 42.3 Å². The molecule has 1 unspecified atom stereocenters. The Morgan fingerprint density at radius 1 is 1.47 bits per heavy atom. The summed E-state index contributed by atoms with van der Waals surface area (Å²) in [4.78, 5) is 4.50. The van der Waals surface area contributed by atoms with E-state index >= 15 is 0 Å². The van der Waals surface area contributed by atoms with Crippen LogP contribution in [0.25, 0.3) is 0 Å². The second-order valence-electron chi connectivity index (χ2n) is 4.02. The molecular formula is C13H19N3S. The molecule has 92 valence electrons. The number of nitrogens with one attached hydrogen (secondary N) is 1. The lowest BCUT2D eigenvalue weighted by Crippen LogP contribution is -2.25. The maximum atomic E-state index is 4.50. The molecule has 2 rings (SSSR count). The predicted molar refractivity (Wildman–Crippen MR) is 72.4 cm³/mol. The largest absolute Gasteiger partial charge is 0.334 e. The molecule has 0 radical (unpaired) electrons. The standard InChI is InChI=1S/C13H19N3S/c1-3-6-14-12(11-5-9-17-10-11)13-15-7-8-16(13)4-2/h5,7-10,12,14H,3-4,6H2,1-2H3. The van der Waals surface area contributed by atoms with Crippen molar-refractivity contribution in [1.82, 2.24) is 14.9 Å². The Labute approximate surface area is 107 Å². The van der Waals surface area contributed by atoms with Crippen LogP contribution in [0.1, 0.15) is 37.7 Å². The summed E-state index contributed by atoms with van der Waals surface area (Å²) in [6.07, 6.45) is 5.06. The number of nitrogens with zero attached hydrogens (tertiary/aromatic N) is 2. The predicted octanol–water partition coefficient (Wildman–Crippen LogP) is 3.05. The minimum atomic E-state index is 0.219. The molecule has 1 N–H and O–H groups in total. The van der Waals surface area contributed by atoms with Crippen molar-refractivity contribution in [2.45, 2.75) is 32.9 Å². The molecule has 2 aromatic rings. The molecule has 0 aliphatic carbocycles. The average Bonchev–Trinajstić information content (AvgIpc) is 3.00. The third kappa shape index (κ3) is 2.76. The Kier molecular flexibility index (Phi) is 4.34. The van der Waals surface area contributed by atoms with Gasteiger partial charge in [0.25, 0.3) is 0 Å². The summed E-state index contributed by atoms with van der Waals surface area (Å²) in [5.41, 5.74) is 1.31. The molecule has 0 aliphatic rings. The monoisotopic (exact) mass is 249 g/mol. The van der Waals surface area contributed by atoms with Gasteiger partial charge >= 0.3 is 0 Å². The number of hydrogen-bond donors (Lipinski definition) is 1. The van der Waals surface area contributed by atoms with Crippen LogP contribution in [0, 0.1) is 0 Å². The van der Waals surface area contributed by atoms with E-state index in [1.165, 1.54) is 5.56 Å². The molecule has 2 heterocycles. The van der Waals surface area contributed by atoms with E-state index in [1.807, 2.05) is 12.4 Å². The SMILES string of the molecule is CCCNC(c1ccsc1)c1nccn1CC. The Bertz CT molecular complexity index is 433. The van der Waals surface area contributed by atoms with Crippen molar-refractivity contribution in [3.63, 3.8) is 0 Å². The van der Waals surface area contributed by atoms with Crippen LogP contribution in [0.3, 0.4) is 0 Å². The number of aryl methyl sites for hydroxylation is 1. The van der Waals surface area contributed by atoms with Crippen molar-refractivity contribution in [3.8, 4) is 0 Å². The quantitative estimate of drug-likeness (QED) is 0.852. The molecular weight excluding hydrogens is 230 g/mol. The summed E-state index contributed by atoms with van der Waals surface area (Å²) >= 11 is 1.74. The average molecular weight is 249 g/mol. The van der Waals surface area contributed by atoms with Gasteiger partial charge in [0.2, 0.25) is 0 Å². The van der Waals surface area contributed by atoms with E-state index in [1.54, 1.807) is 11.3 Å². The first kappa shape index (κ1) is 12.3. The lowest BCUT2D eigenvalue weighted by atomic mass is 10.1. The first-order valence-electron chi connectivity index (χ1n) is 6.13. The van der Waals surface area contributed by atoms with E-state index in [0.717, 1.165) is 25.3 Å². The van der Waals surface area contributed by atoms with Crippen LogP contribution in [-0.2, 0) is 6.54 Å². The van der Waals surface area contributed by atoms with Crippen molar-refractivity contribution in [1.29, 1.82) is 0 Å². The molecule has 0 aromatic carbocycles. The second kappa shape index (κ2) is 5.98. The summed E-state index contributed by atoms with van der Waals surface area (Å²) in [7, 11) is 0. The maximum Gasteiger partial charge on any atom is 0.130 e. The molecule has 0 bridgehead atoms. The minimum Gasteiger partial charge on any atom is -0.334 e. The van der Waals surface area contributed by atoms with Gasteiger partial charge in [0.05, 0.1) is 6.04 Å². The summed E-state index contributed by atoms with van der Waals surface area (Å²) in [6.45, 7) is 6.31. The normalized spacial score (nSPS) is 12.8. The molecule has 0 spiro atoms. The third-order valence-electron chi connectivity index (χ3n) is 2.82. The van der Waals surface area contributed by atoms with Crippen LogP contribution in [0.4, 0.5) is 0 Å². The van der Waals surface area contributed by atoms with Gasteiger partial charge in [-0.15, -0.1) is 0 Å². The minimum absolute atomic E-state index is 0.219. The lowest BCUT2D eigenvalue weighted by Gasteiger charge is -2.18. The number of rotatable bonds is 6. The van der Waals surface area contributed by atoms with E-state index in [4.69, 9.17) is 0 Å². The van der Waals surface area contributed by atoms with Gasteiger partial charge in [-0.1, -0.05) is 6.92 Å². The molecule has 2 aromatic heterocycles. The van der Waals surface area contributed by atoms with Crippen molar-refractivity contribution in [2.24, 2.45) is 0 Å². The Hall–Kier alpha value is -1.13. The fourth-order valence-electron chi connectivity index (χ4n) is 1.93. The van der Waals surface area contributed by atoms with Crippen molar-refractivity contribution in [2.75, 3.05) is 6.54 Å². The number of imidazole rings is 1. The van der Waals surface area contributed by atoms with Gasteiger partial charge in [0.1, 0.15) is 5.82 Å². The van der Waals surface area contributed by atoms with Gasteiger partial charge in [-0.2, -0.15) is 11.3 Å². The topological polar surface area (TPSA) is 29.9 Å². The Morgan fingerprint density at radius 3 is 3.00 bits per heavy atom. The fourth-order valence-corrected chi connectivity index (χ4v) is 2.62. The number of aromatic nitrogens is 2. The van der Waals surface area contributed by atoms with Gasteiger partial charge in [0.15, 0.2) is 0 Å². The zero-order chi connectivity index (χ0) is 12.1. The first-order valence-corrected chi connectivity index (χ1v) is 7.07. The van der Waals surface area contributed by atoms with Gasteiger partial charge in [-0.3, -0.25) is 0 Å². The molecule has 0 aliphatic heterocycles. The number of hydrogen-bond acceptors (Lipinski definition) is 3. The van der Waals surface area contributed by atoms with E-state index in [-0.39, 0.29) is 6.04 Å². The lowest BCUT2D eigenvalue weighted by molar-refractivity contribution is 0.542. The second-order valence-corrected chi connectivity index (χ2v) is 4.80. The highest BCUT2D eigenvalue weighted by Crippen LogP contribution is 2.22. The van der Waals surface area contributed by atoms with Crippen molar-refractivity contribution >= 4 is 11.3 Å². The molecule has 0 fully saturated rings. The van der Waals surface area contributed by atoms with Crippen molar-refractivity contribution < 1.29 is 0 Å². The molecule has 0 saturated carbocycles. The molecule has 4 heteroatoms. The van der Waals surface area contributed by atoms with Crippen LogP contribution < -0.4 is 5.32 Å². The van der Waals surface area contributed by atoms with Crippen LogP contribution in [0.5, 0.6) is 0 Å². The van der Waals surface area contributed by atoms with Crippen LogP contribution >= 0.6 is 11.3 Å². The molecule has 0 amide bonds. The molecule has 17 heavy (non-hydrogen) atoms. The fraction of sp³-hybridized carbons (Fsp3) is 0.462. The van der Waals surface area contributed by atoms with E-state index < -0.39 is 0 Å². The Morgan fingerprint density at radius 2 is 2.35 bits per heavy atom. The van der Waals surface area contributed by atoms with Gasteiger partial charge < -0.3 is 9.88 Å². The van der Waals surface area contributed by atoms with Crippen molar-refractivity contribution in [3.05, 3.63) is 40.6 Å². The van der Waals surface area contributed by atoms with Gasteiger partial charge in [0, 0.05) is 18.9 Å². The summed E-state index contributed by atoms with van der Waals surface area (Å²) < 4.78 is 2.20. The zero-order valence-electron chi connectivity index (χ0n) is 10.4. The Balaban J connectivity index is 2.27. The maximum absolute atomic E-state index is 4.50. The van der Waals surface area contributed by atoms with Crippen LogP contribution in [-0.4, -0.2) is 16.1 Å². The third-order valence-corrected chi connectivity index (χ3v) is 3.52. The van der Waals surface area contributed by atoms with E-state index in [0.29, 0.717) is 0 Å². The molecule has 1 atom stereocenters. The summed E-state index contributed by atoms with van der Waals surface area (Å²) in [5.74, 6) is 1.11. The first-order chi connectivity index (χ1) is 8.36. The highest BCUT2D eigenvalue weighted by Gasteiger charge is 2.18. The van der Waals surface area contributed by atoms with Crippen LogP contribution in [0.2, 0.25) is 0 Å². The zero-order valence-corrected chi connectivity index (χ0v) is 11.2. The number of thiophene rings is 1. The van der Waals surface area contributed by atoms with E-state index in [2.05, 4.69) is 45.5 Å². The smallest absolute Gasteiger partial charge is 0.130 e. The van der Waals surface area contributed by atoms with Crippen LogP contribution in [0.15, 0.2) is 29.2 Å². The summed E-state index contributed by atoms with van der Waals surface area (Å²) in [5, 5.41) is 7.89. The molecule has 3 nitrogen and oxygen atoms in total. The highest BCUT2D eigenvalue weighted by atomic mass is 32.1. The van der Waals surface area contributed by atoms with Gasteiger partial charge in [-0.25, -0.2) is 4.98 Å².